The first-order valence-corrected chi connectivity index (χ1v) is 12.9. The Morgan fingerprint density at radius 1 is 0.722 bits per heavy atom. The first kappa shape index (κ1) is 25.6. The van der Waals surface area contributed by atoms with E-state index in [1.807, 2.05) is 12.1 Å². The maximum Gasteiger partial charge on any atom is 0.234 e. The smallest absolute Gasteiger partial charge is 0.234 e. The molecule has 0 spiro atoms. The Kier molecular flexibility index (Phi) is 8.17. The van der Waals surface area contributed by atoms with Crippen molar-refractivity contribution in [1.82, 2.24) is 9.97 Å². The zero-order chi connectivity index (χ0) is 25.7. The van der Waals surface area contributed by atoms with Crippen LogP contribution >= 0.6 is 23.5 Å². The van der Waals surface area contributed by atoms with Crippen LogP contribution in [0.1, 0.15) is 11.1 Å². The molecule has 1 heterocycles. The number of thioether (sulfide) groups is 2. The highest BCUT2D eigenvalue weighted by molar-refractivity contribution is 8.02. The van der Waals surface area contributed by atoms with Crippen molar-refractivity contribution in [2.45, 2.75) is 23.9 Å². The van der Waals surface area contributed by atoms with Gasteiger partial charge in [0, 0.05) is 0 Å². The van der Waals surface area contributed by atoms with Gasteiger partial charge >= 0.3 is 0 Å². The molecule has 184 valence electrons. The van der Waals surface area contributed by atoms with Gasteiger partial charge in [-0.15, -0.1) is 0 Å². The molecular weight excluding hydrogens is 502 g/mol. The summed E-state index contributed by atoms with van der Waals surface area (Å²) in [6, 6.07) is 16.4. The number of fused-ring (bicyclic) bond motifs is 1. The van der Waals surface area contributed by atoms with E-state index in [4.69, 9.17) is 0 Å². The number of amides is 2. The molecule has 0 fully saturated rings. The number of nitrogens with zero attached hydrogens (tertiary/aromatic N) is 2. The number of aromatic nitrogens is 2. The Labute approximate surface area is 215 Å². The van der Waals surface area contributed by atoms with Gasteiger partial charge in [-0.05, 0) is 61.4 Å². The number of nitrogens with one attached hydrogen (secondary N) is 2. The van der Waals surface area contributed by atoms with Crippen LogP contribution in [0.15, 0.2) is 70.7 Å². The molecule has 6 nitrogen and oxygen atoms in total. The number of para-hydroxylation sites is 2. The van der Waals surface area contributed by atoms with Gasteiger partial charge in [-0.2, -0.15) is 0 Å². The molecule has 1 aromatic heterocycles. The number of benzene rings is 3. The van der Waals surface area contributed by atoms with Gasteiger partial charge in [-0.3, -0.25) is 9.59 Å². The predicted molar refractivity (Wildman–Crippen MR) is 141 cm³/mol. The molecule has 0 unspecified atom stereocenters. The summed E-state index contributed by atoms with van der Waals surface area (Å²) in [5.41, 5.74) is 2.99. The molecule has 0 aliphatic rings. The standard InChI is InChI=1S/C26H22F2N4O2S2/c1-15-7-9-19(17(27)11-15)29-23(33)13-35-25-26(32-22-6-4-3-5-21(22)31-25)36-14-24(34)30-20-10-8-16(2)12-18(20)28/h3-12H,13-14H2,1-2H3,(H,29,33)(H,30,34). The summed E-state index contributed by atoms with van der Waals surface area (Å²) < 4.78 is 28.2. The van der Waals surface area contributed by atoms with Crippen LogP contribution in [0, 0.1) is 25.5 Å². The molecule has 4 rings (SSSR count). The highest BCUT2D eigenvalue weighted by atomic mass is 32.2. The molecule has 4 aromatic rings. The SMILES string of the molecule is Cc1ccc(NC(=O)CSc2nc3ccccc3nc2SCC(=O)Nc2ccc(C)cc2F)c(F)c1. The van der Waals surface area contributed by atoms with E-state index in [0.717, 1.165) is 34.7 Å². The lowest BCUT2D eigenvalue weighted by atomic mass is 10.2. The lowest BCUT2D eigenvalue weighted by Gasteiger charge is -2.11. The van der Waals surface area contributed by atoms with Gasteiger partial charge in [0.2, 0.25) is 11.8 Å². The third kappa shape index (κ3) is 6.58. The second kappa shape index (κ2) is 11.5. The van der Waals surface area contributed by atoms with Gasteiger partial charge < -0.3 is 10.6 Å². The summed E-state index contributed by atoms with van der Waals surface area (Å²) in [5.74, 6) is -1.89. The van der Waals surface area contributed by atoms with Crippen LogP contribution in [-0.4, -0.2) is 33.3 Å². The Hall–Kier alpha value is -3.50. The molecule has 10 heteroatoms. The minimum Gasteiger partial charge on any atom is -0.323 e. The van der Waals surface area contributed by atoms with Crippen molar-refractivity contribution >= 4 is 57.7 Å². The van der Waals surface area contributed by atoms with E-state index in [-0.39, 0.29) is 22.9 Å². The predicted octanol–water partition coefficient (Wildman–Crippen LogP) is 5.99. The molecule has 2 N–H and O–H groups in total. The number of aryl methyl sites for hydroxylation is 2. The van der Waals surface area contributed by atoms with E-state index in [1.54, 1.807) is 38.1 Å². The number of hydrogen-bond donors (Lipinski definition) is 2. The van der Waals surface area contributed by atoms with Crippen molar-refractivity contribution in [2.24, 2.45) is 0 Å². The second-order valence-corrected chi connectivity index (χ2v) is 9.89. The van der Waals surface area contributed by atoms with E-state index < -0.39 is 23.4 Å². The first-order valence-electron chi connectivity index (χ1n) is 10.9. The molecule has 0 atom stereocenters. The third-order valence-electron chi connectivity index (χ3n) is 4.99. The summed E-state index contributed by atoms with van der Waals surface area (Å²) in [7, 11) is 0. The van der Waals surface area contributed by atoms with E-state index >= 15 is 0 Å². The molecule has 0 radical (unpaired) electrons. The quantitative estimate of drug-likeness (QED) is 0.276. The molecule has 3 aromatic carbocycles. The Bertz CT molecular complexity index is 1340. The minimum atomic E-state index is -0.508. The van der Waals surface area contributed by atoms with Crippen molar-refractivity contribution in [3.63, 3.8) is 0 Å². The fourth-order valence-corrected chi connectivity index (χ4v) is 4.94. The molecule has 0 aliphatic carbocycles. The van der Waals surface area contributed by atoms with Gasteiger partial charge in [0.1, 0.15) is 21.7 Å². The van der Waals surface area contributed by atoms with Crippen molar-refractivity contribution in [1.29, 1.82) is 0 Å². The Balaban J connectivity index is 1.45. The van der Waals surface area contributed by atoms with Crippen molar-refractivity contribution in [3.8, 4) is 0 Å². The Morgan fingerprint density at radius 3 is 1.53 bits per heavy atom. The van der Waals surface area contributed by atoms with E-state index in [9.17, 15) is 18.4 Å². The van der Waals surface area contributed by atoms with Gasteiger partial charge in [-0.1, -0.05) is 47.8 Å². The summed E-state index contributed by atoms with van der Waals surface area (Å²) in [6.45, 7) is 3.53. The highest BCUT2D eigenvalue weighted by Gasteiger charge is 2.16. The molecule has 0 aliphatic heterocycles. The van der Waals surface area contributed by atoms with E-state index in [2.05, 4.69) is 20.6 Å². The number of carbonyl (C=O) groups is 2. The van der Waals surface area contributed by atoms with Crippen molar-refractivity contribution < 1.29 is 18.4 Å². The molecule has 0 saturated carbocycles. The molecule has 36 heavy (non-hydrogen) atoms. The number of hydrogen-bond acceptors (Lipinski definition) is 6. The van der Waals surface area contributed by atoms with Crippen LogP contribution in [0.25, 0.3) is 11.0 Å². The minimum absolute atomic E-state index is 0.0331. The second-order valence-electron chi connectivity index (χ2n) is 7.96. The number of anilines is 2. The maximum atomic E-state index is 14.1. The monoisotopic (exact) mass is 524 g/mol. The van der Waals surface area contributed by atoms with Crippen molar-refractivity contribution in [2.75, 3.05) is 22.1 Å². The lowest BCUT2D eigenvalue weighted by Crippen LogP contribution is -2.16. The normalized spacial score (nSPS) is 10.9. The average molecular weight is 525 g/mol. The van der Waals surface area contributed by atoms with Gasteiger partial charge in [0.15, 0.2) is 0 Å². The van der Waals surface area contributed by atoms with Crippen LogP contribution in [0.3, 0.4) is 0 Å². The van der Waals surface area contributed by atoms with Crippen molar-refractivity contribution in [3.05, 3.63) is 83.4 Å². The number of carbonyl (C=O) groups excluding carboxylic acids is 2. The van der Waals surface area contributed by atoms with Gasteiger partial charge in [0.25, 0.3) is 0 Å². The first-order chi connectivity index (χ1) is 17.3. The fourth-order valence-electron chi connectivity index (χ4n) is 3.24. The topological polar surface area (TPSA) is 84.0 Å². The molecule has 0 saturated heterocycles. The number of halogens is 2. The lowest BCUT2D eigenvalue weighted by molar-refractivity contribution is -0.114. The summed E-state index contributed by atoms with van der Waals surface area (Å²) in [6.07, 6.45) is 0. The summed E-state index contributed by atoms with van der Waals surface area (Å²) in [5, 5.41) is 6.05. The summed E-state index contributed by atoms with van der Waals surface area (Å²) in [4.78, 5) is 34.1. The molecule has 2 amide bonds. The van der Waals surface area contributed by atoms with Crippen LogP contribution in [0.5, 0.6) is 0 Å². The van der Waals surface area contributed by atoms with Crippen LogP contribution in [0.2, 0.25) is 0 Å². The molecular formula is C26H22F2N4O2S2. The third-order valence-corrected chi connectivity index (χ3v) is 7.04. The van der Waals surface area contributed by atoms with Gasteiger partial charge in [0.05, 0.1) is 33.9 Å². The van der Waals surface area contributed by atoms with E-state index in [0.29, 0.717) is 21.1 Å². The van der Waals surface area contributed by atoms with Crippen LogP contribution in [0.4, 0.5) is 20.2 Å². The zero-order valence-corrected chi connectivity index (χ0v) is 21.1. The zero-order valence-electron chi connectivity index (χ0n) is 19.5. The Morgan fingerprint density at radius 2 is 1.14 bits per heavy atom. The van der Waals surface area contributed by atoms with E-state index in [1.165, 1.54) is 24.3 Å². The number of rotatable bonds is 8. The average Bonchev–Trinajstić information content (AvgIpc) is 2.84. The summed E-state index contributed by atoms with van der Waals surface area (Å²) >= 11 is 2.27. The van der Waals surface area contributed by atoms with Gasteiger partial charge in [-0.25, -0.2) is 18.7 Å². The maximum absolute atomic E-state index is 14.1. The van der Waals surface area contributed by atoms with Crippen LogP contribution < -0.4 is 10.6 Å². The fraction of sp³-hybridized carbons (Fsp3) is 0.154. The molecule has 0 bridgehead atoms. The largest absolute Gasteiger partial charge is 0.323 e. The highest BCUT2D eigenvalue weighted by Crippen LogP contribution is 2.30. The van der Waals surface area contributed by atoms with Crippen LogP contribution in [-0.2, 0) is 9.59 Å².